The van der Waals surface area contributed by atoms with Crippen molar-refractivity contribution in [2.24, 2.45) is 0 Å². The molecule has 1 aromatic carbocycles. The Labute approximate surface area is 147 Å². The van der Waals surface area contributed by atoms with Crippen LogP contribution in [0.4, 0.5) is 5.69 Å². The van der Waals surface area contributed by atoms with E-state index in [1.807, 2.05) is 0 Å². The van der Waals surface area contributed by atoms with E-state index in [-0.39, 0.29) is 30.9 Å². The molecule has 10 heteroatoms. The summed E-state index contributed by atoms with van der Waals surface area (Å²) in [6, 6.07) is 2.87. The fourth-order valence-corrected chi connectivity index (χ4v) is 2.27. The molecule has 0 aliphatic carbocycles. The van der Waals surface area contributed by atoms with E-state index in [1.54, 1.807) is 0 Å². The fraction of sp³-hybridized carbons (Fsp3) is 0.312. The van der Waals surface area contributed by atoms with Crippen LogP contribution in [0.2, 0.25) is 0 Å². The summed E-state index contributed by atoms with van der Waals surface area (Å²) >= 11 is 0. The molecule has 1 aromatic rings. The van der Waals surface area contributed by atoms with Gasteiger partial charge in [-0.15, -0.1) is 0 Å². The van der Waals surface area contributed by atoms with Gasteiger partial charge >= 0.3 is 11.9 Å². The van der Waals surface area contributed by atoms with Crippen LogP contribution in [-0.2, 0) is 19.2 Å². The number of anilines is 1. The molecule has 0 spiro atoms. The standard InChI is InChI=1S/C16H16N2O8/c19-11(2-4-13(20)18-10(16(24)25)6-15(22)23)8-1-3-12-9(5-8)17-14(21)7-26-12/h1,3,5,10H,2,4,6-7H2,(H,17,21)(H,18,20)(H,22,23)(H,24,25). The minimum absolute atomic E-state index is 0.110. The Hall–Kier alpha value is -3.43. The number of carboxylic acids is 2. The maximum Gasteiger partial charge on any atom is 0.326 e. The van der Waals surface area contributed by atoms with Crippen molar-refractivity contribution in [3.05, 3.63) is 23.8 Å². The Morgan fingerprint density at radius 3 is 2.58 bits per heavy atom. The molecule has 1 aliphatic rings. The number of carbonyl (C=O) groups is 5. The summed E-state index contributed by atoms with van der Waals surface area (Å²) in [5.41, 5.74) is 0.603. The number of rotatable bonds is 8. The molecule has 0 aromatic heterocycles. The molecular weight excluding hydrogens is 348 g/mol. The van der Waals surface area contributed by atoms with Gasteiger partial charge in [-0.25, -0.2) is 4.79 Å². The third kappa shape index (κ3) is 5.03. The molecule has 0 radical (unpaired) electrons. The molecule has 0 saturated heterocycles. The van der Waals surface area contributed by atoms with Crippen molar-refractivity contribution in [3.8, 4) is 5.75 Å². The van der Waals surface area contributed by atoms with Crippen LogP contribution in [0, 0.1) is 0 Å². The Morgan fingerprint density at radius 2 is 1.92 bits per heavy atom. The predicted octanol–water partition coefficient (Wildman–Crippen LogP) is 0.0245. The summed E-state index contributed by atoms with van der Waals surface area (Å²) in [4.78, 5) is 56.7. The number of amides is 2. The first-order chi connectivity index (χ1) is 12.3. The topological polar surface area (TPSA) is 159 Å². The molecule has 138 valence electrons. The summed E-state index contributed by atoms with van der Waals surface area (Å²) in [5.74, 6) is -3.91. The van der Waals surface area contributed by atoms with Gasteiger partial charge in [-0.05, 0) is 18.2 Å². The van der Waals surface area contributed by atoms with Gasteiger partial charge in [0, 0.05) is 18.4 Å². The molecular formula is C16H16N2O8. The predicted molar refractivity (Wildman–Crippen MR) is 86.0 cm³/mol. The molecule has 0 fully saturated rings. The Bertz CT molecular complexity index is 774. The molecule has 10 nitrogen and oxygen atoms in total. The molecule has 0 bridgehead atoms. The van der Waals surface area contributed by atoms with Crippen LogP contribution in [0.25, 0.3) is 0 Å². The fourth-order valence-electron chi connectivity index (χ4n) is 2.27. The van der Waals surface area contributed by atoms with Gasteiger partial charge in [0.25, 0.3) is 5.91 Å². The molecule has 0 saturated carbocycles. The van der Waals surface area contributed by atoms with Crippen LogP contribution >= 0.6 is 0 Å². The van der Waals surface area contributed by atoms with Crippen molar-refractivity contribution < 1.29 is 38.9 Å². The highest BCUT2D eigenvalue weighted by Gasteiger charge is 2.23. The smallest absolute Gasteiger partial charge is 0.326 e. The second kappa shape index (κ2) is 8.10. The quantitative estimate of drug-likeness (QED) is 0.470. The van der Waals surface area contributed by atoms with Gasteiger partial charge in [-0.1, -0.05) is 0 Å². The second-order valence-corrected chi connectivity index (χ2v) is 5.53. The second-order valence-electron chi connectivity index (χ2n) is 5.53. The van der Waals surface area contributed by atoms with Crippen molar-refractivity contribution >= 4 is 35.2 Å². The highest BCUT2D eigenvalue weighted by atomic mass is 16.5. The lowest BCUT2D eigenvalue weighted by Gasteiger charge is -2.18. The lowest BCUT2D eigenvalue weighted by atomic mass is 10.0. The Kier molecular flexibility index (Phi) is 5.89. The number of benzene rings is 1. The molecule has 2 amide bonds. The first kappa shape index (κ1) is 18.9. The summed E-state index contributed by atoms with van der Waals surface area (Å²) < 4.78 is 5.18. The van der Waals surface area contributed by atoms with Crippen LogP contribution in [-0.4, -0.2) is 52.4 Å². The third-order valence-electron chi connectivity index (χ3n) is 3.53. The zero-order valence-corrected chi connectivity index (χ0v) is 13.5. The summed E-state index contributed by atoms with van der Waals surface area (Å²) in [7, 11) is 0. The summed E-state index contributed by atoms with van der Waals surface area (Å²) in [6.07, 6.45) is -1.28. The maximum absolute atomic E-state index is 12.2. The lowest BCUT2D eigenvalue weighted by Crippen LogP contribution is -2.42. The van der Waals surface area contributed by atoms with Crippen LogP contribution in [0.1, 0.15) is 29.6 Å². The van der Waals surface area contributed by atoms with E-state index in [0.717, 1.165) is 0 Å². The molecule has 26 heavy (non-hydrogen) atoms. The van der Waals surface area contributed by atoms with Gasteiger partial charge in [0.05, 0.1) is 12.1 Å². The van der Waals surface area contributed by atoms with E-state index >= 15 is 0 Å². The first-order valence-corrected chi connectivity index (χ1v) is 7.60. The largest absolute Gasteiger partial charge is 0.482 e. The van der Waals surface area contributed by atoms with Crippen LogP contribution in [0.5, 0.6) is 5.75 Å². The number of carbonyl (C=O) groups excluding carboxylic acids is 3. The van der Waals surface area contributed by atoms with Crippen LogP contribution < -0.4 is 15.4 Å². The van der Waals surface area contributed by atoms with E-state index in [4.69, 9.17) is 14.9 Å². The zero-order chi connectivity index (χ0) is 19.3. The maximum atomic E-state index is 12.2. The molecule has 2 rings (SSSR count). The Balaban J connectivity index is 1.92. The minimum Gasteiger partial charge on any atom is -0.482 e. The summed E-state index contributed by atoms with van der Waals surface area (Å²) in [6.45, 7) is -0.110. The zero-order valence-electron chi connectivity index (χ0n) is 13.5. The van der Waals surface area contributed by atoms with E-state index in [1.165, 1.54) is 18.2 Å². The normalized spacial score (nSPS) is 13.6. The number of Topliss-reactive ketones (excluding diaryl/α,β-unsaturated/α-hetero) is 1. The van der Waals surface area contributed by atoms with Crippen molar-refractivity contribution in [1.29, 1.82) is 0 Å². The number of hydrogen-bond acceptors (Lipinski definition) is 6. The van der Waals surface area contributed by atoms with Gasteiger partial charge in [-0.3, -0.25) is 19.2 Å². The summed E-state index contributed by atoms with van der Waals surface area (Å²) in [5, 5.41) is 22.1. The number of ketones is 1. The third-order valence-corrected chi connectivity index (χ3v) is 3.53. The van der Waals surface area contributed by atoms with E-state index in [2.05, 4.69) is 10.6 Å². The SMILES string of the molecule is O=C(O)CC(NC(=O)CCC(=O)c1ccc2c(c1)NC(=O)CO2)C(=O)O. The van der Waals surface area contributed by atoms with Crippen LogP contribution in [0.3, 0.4) is 0 Å². The highest BCUT2D eigenvalue weighted by Crippen LogP contribution is 2.28. The van der Waals surface area contributed by atoms with Crippen LogP contribution in [0.15, 0.2) is 18.2 Å². The van der Waals surface area contributed by atoms with Crippen molar-refractivity contribution in [2.45, 2.75) is 25.3 Å². The number of ether oxygens (including phenoxy) is 1. The van der Waals surface area contributed by atoms with E-state index in [0.29, 0.717) is 11.4 Å². The van der Waals surface area contributed by atoms with Crippen molar-refractivity contribution in [2.75, 3.05) is 11.9 Å². The van der Waals surface area contributed by atoms with Gasteiger partial charge < -0.3 is 25.6 Å². The number of aliphatic carboxylic acids is 2. The molecule has 1 aliphatic heterocycles. The number of nitrogens with one attached hydrogen (secondary N) is 2. The van der Waals surface area contributed by atoms with Gasteiger partial charge in [0.2, 0.25) is 5.91 Å². The molecule has 1 heterocycles. The average molecular weight is 364 g/mol. The van der Waals surface area contributed by atoms with Crippen molar-refractivity contribution in [1.82, 2.24) is 5.32 Å². The van der Waals surface area contributed by atoms with Gasteiger partial charge in [0.15, 0.2) is 12.4 Å². The number of hydrogen-bond donors (Lipinski definition) is 4. The number of fused-ring (bicyclic) bond motifs is 1. The number of carboxylic acid groups (broad SMARTS) is 2. The highest BCUT2D eigenvalue weighted by molar-refractivity contribution is 6.01. The molecule has 1 unspecified atom stereocenters. The molecule has 4 N–H and O–H groups in total. The van der Waals surface area contributed by atoms with Gasteiger partial charge in [-0.2, -0.15) is 0 Å². The Morgan fingerprint density at radius 1 is 1.19 bits per heavy atom. The molecule has 1 atom stereocenters. The van der Waals surface area contributed by atoms with Crippen molar-refractivity contribution in [3.63, 3.8) is 0 Å². The monoisotopic (exact) mass is 364 g/mol. The van der Waals surface area contributed by atoms with E-state index < -0.39 is 36.1 Å². The van der Waals surface area contributed by atoms with Gasteiger partial charge in [0.1, 0.15) is 11.8 Å². The minimum atomic E-state index is -1.56. The van der Waals surface area contributed by atoms with E-state index in [9.17, 15) is 24.0 Å². The average Bonchev–Trinajstić information content (AvgIpc) is 2.57. The first-order valence-electron chi connectivity index (χ1n) is 7.60. The lowest BCUT2D eigenvalue weighted by molar-refractivity contribution is -0.147.